The zero-order valence-corrected chi connectivity index (χ0v) is 17.9. The number of aromatic amines is 2. The van der Waals surface area contributed by atoms with E-state index in [1.165, 1.54) is 5.56 Å². The van der Waals surface area contributed by atoms with E-state index in [1.54, 1.807) is 0 Å². The Balaban J connectivity index is 1.22. The maximum absolute atomic E-state index is 12.3. The van der Waals surface area contributed by atoms with Crippen molar-refractivity contribution >= 4 is 27.8 Å². The molecular weight excluding hydrogens is 408 g/mol. The quantitative estimate of drug-likeness (QED) is 0.375. The number of aromatic nitrogens is 5. The molecule has 0 aliphatic rings. The molecule has 162 valence electrons. The van der Waals surface area contributed by atoms with Crippen LogP contribution in [-0.2, 0) is 4.79 Å². The number of fused-ring (bicyclic) bond motifs is 2. The van der Waals surface area contributed by atoms with Gasteiger partial charge >= 0.3 is 6.08 Å². The molecule has 9 nitrogen and oxygen atoms in total. The lowest BCUT2D eigenvalue weighted by Crippen LogP contribution is -2.31. The molecular formula is C23H22N6O3. The molecule has 0 bridgehead atoms. The lowest BCUT2D eigenvalue weighted by molar-refractivity contribution is -0.124. The topological polar surface area (TPSA) is 122 Å². The summed E-state index contributed by atoms with van der Waals surface area (Å²) < 4.78 is 11.0. The number of aryl methyl sites for hydroxylation is 2. The fourth-order valence-electron chi connectivity index (χ4n) is 3.64. The Labute approximate surface area is 183 Å². The van der Waals surface area contributed by atoms with Crippen LogP contribution in [0.3, 0.4) is 0 Å². The van der Waals surface area contributed by atoms with Gasteiger partial charge in [0.25, 0.3) is 11.8 Å². The number of hydrogen-bond acceptors (Lipinski definition) is 6. The number of carbonyl (C=O) groups excluding carboxylic acids is 1. The van der Waals surface area contributed by atoms with E-state index in [0.29, 0.717) is 11.7 Å². The number of carbonyl (C=O) groups is 1. The number of rotatable bonds is 6. The van der Waals surface area contributed by atoms with Crippen molar-refractivity contribution in [3.63, 3.8) is 0 Å². The highest BCUT2D eigenvalue weighted by molar-refractivity contribution is 5.87. The molecule has 5 aromatic rings. The predicted octanol–water partition coefficient (Wildman–Crippen LogP) is 3.97. The largest absolute Gasteiger partial charge is 0.439 e. The van der Waals surface area contributed by atoms with E-state index >= 15 is 0 Å². The number of imidazole rings is 1. The van der Waals surface area contributed by atoms with E-state index in [2.05, 4.69) is 37.4 Å². The lowest BCUT2D eigenvalue weighted by Gasteiger charge is -2.10. The predicted molar refractivity (Wildman–Crippen MR) is 119 cm³/mol. The van der Waals surface area contributed by atoms with Gasteiger partial charge in [-0.25, -0.2) is 4.98 Å². The molecule has 0 aliphatic carbocycles. The molecule has 0 saturated heterocycles. The van der Waals surface area contributed by atoms with Crippen LogP contribution < -0.4 is 10.1 Å². The van der Waals surface area contributed by atoms with Gasteiger partial charge in [0.05, 0.1) is 17.1 Å². The molecule has 0 fully saturated rings. The number of ether oxygens (including phenoxy) is 1. The first kappa shape index (κ1) is 19.8. The minimum Gasteiger partial charge on any atom is -0.439 e. The summed E-state index contributed by atoms with van der Waals surface area (Å²) >= 11 is 0. The normalized spacial score (nSPS) is 12.3. The van der Waals surface area contributed by atoms with Crippen molar-refractivity contribution in [1.29, 1.82) is 0 Å². The summed E-state index contributed by atoms with van der Waals surface area (Å²) in [6.45, 7) is 5.70. The number of amides is 1. The van der Waals surface area contributed by atoms with Crippen molar-refractivity contribution in [3.05, 3.63) is 59.5 Å². The first-order chi connectivity index (χ1) is 15.5. The van der Waals surface area contributed by atoms with Crippen LogP contribution in [0.25, 0.3) is 33.4 Å². The van der Waals surface area contributed by atoms with Crippen molar-refractivity contribution < 1.29 is 13.9 Å². The number of benzene rings is 2. The fourth-order valence-corrected chi connectivity index (χ4v) is 3.64. The molecule has 9 heteroatoms. The van der Waals surface area contributed by atoms with Gasteiger partial charge in [-0.15, -0.1) is 5.10 Å². The second-order valence-electron chi connectivity index (χ2n) is 7.73. The molecule has 3 N–H and O–H groups in total. The molecule has 0 aliphatic heterocycles. The van der Waals surface area contributed by atoms with Gasteiger partial charge < -0.3 is 24.4 Å². The Hall–Kier alpha value is -4.14. The Kier molecular flexibility index (Phi) is 4.85. The molecule has 5 rings (SSSR count). The summed E-state index contributed by atoms with van der Waals surface area (Å²) in [5, 5.41) is 11.9. The van der Waals surface area contributed by atoms with Crippen LogP contribution in [0.4, 0.5) is 0 Å². The molecule has 2 aromatic carbocycles. The highest BCUT2D eigenvalue weighted by Crippen LogP contribution is 2.28. The summed E-state index contributed by atoms with van der Waals surface area (Å²) in [4.78, 5) is 23.3. The van der Waals surface area contributed by atoms with Crippen LogP contribution in [-0.4, -0.2) is 37.7 Å². The van der Waals surface area contributed by atoms with E-state index < -0.39 is 0 Å². The number of H-pyrrole nitrogens is 2. The number of para-hydroxylation sites is 2. The summed E-state index contributed by atoms with van der Waals surface area (Å²) in [5.74, 6) is 0.680. The maximum Gasteiger partial charge on any atom is 0.415 e. The molecule has 32 heavy (non-hydrogen) atoms. The Morgan fingerprint density at radius 2 is 1.97 bits per heavy atom. The molecule has 1 amide bonds. The first-order valence-electron chi connectivity index (χ1n) is 10.3. The van der Waals surface area contributed by atoms with Crippen molar-refractivity contribution in [2.24, 2.45) is 0 Å². The number of nitrogens with one attached hydrogen (secondary N) is 3. The summed E-state index contributed by atoms with van der Waals surface area (Å²) in [6.07, 6.45) is -0.0615. The van der Waals surface area contributed by atoms with Crippen LogP contribution in [0.1, 0.15) is 30.0 Å². The van der Waals surface area contributed by atoms with Gasteiger partial charge in [-0.1, -0.05) is 17.2 Å². The summed E-state index contributed by atoms with van der Waals surface area (Å²) in [5.41, 5.74) is 5.89. The monoisotopic (exact) mass is 430 g/mol. The van der Waals surface area contributed by atoms with Crippen LogP contribution in [0.2, 0.25) is 0 Å². The molecule has 0 radical (unpaired) electrons. The van der Waals surface area contributed by atoms with Gasteiger partial charge in [0.1, 0.15) is 5.82 Å². The smallest absolute Gasteiger partial charge is 0.415 e. The van der Waals surface area contributed by atoms with Crippen LogP contribution >= 0.6 is 0 Å². The zero-order chi connectivity index (χ0) is 22.2. The van der Waals surface area contributed by atoms with Crippen LogP contribution in [0, 0.1) is 13.8 Å². The first-order valence-corrected chi connectivity index (χ1v) is 10.3. The standard InChI is InChI=1S/C23H22N6O3/c1-12-13(2)24-17-9-8-15(10-16(12)17)22-28-29-23(32-22)31-11-20(30)25-14(3)21-26-18-6-4-5-7-19(18)27-21/h4-10,14,24H,11H2,1-3H3,(H,25,30)(H,26,27). The highest BCUT2D eigenvalue weighted by Gasteiger charge is 2.16. The van der Waals surface area contributed by atoms with Crippen molar-refractivity contribution in [2.75, 3.05) is 6.61 Å². The van der Waals surface area contributed by atoms with Gasteiger partial charge in [-0.3, -0.25) is 4.79 Å². The lowest BCUT2D eigenvalue weighted by atomic mass is 10.1. The molecule has 0 spiro atoms. The summed E-state index contributed by atoms with van der Waals surface area (Å²) in [6, 6.07) is 13.3. The van der Waals surface area contributed by atoms with Gasteiger partial charge in [0.2, 0.25) is 0 Å². The fraction of sp³-hybridized carbons (Fsp3) is 0.217. The van der Waals surface area contributed by atoms with Gasteiger partial charge in [-0.05, 0) is 56.7 Å². The molecule has 3 heterocycles. The van der Waals surface area contributed by atoms with Crippen molar-refractivity contribution in [3.8, 4) is 17.5 Å². The van der Waals surface area contributed by atoms with Crippen LogP contribution in [0.15, 0.2) is 46.9 Å². The number of nitrogens with zero attached hydrogens (tertiary/aromatic N) is 3. The molecule has 1 unspecified atom stereocenters. The van der Waals surface area contributed by atoms with E-state index in [0.717, 1.165) is 33.2 Å². The Bertz CT molecular complexity index is 1400. The van der Waals surface area contributed by atoms with Gasteiger partial charge in [0.15, 0.2) is 6.61 Å². The molecule has 0 saturated carbocycles. The van der Waals surface area contributed by atoms with E-state index in [1.807, 2.05) is 56.3 Å². The third-order valence-corrected chi connectivity index (χ3v) is 5.48. The van der Waals surface area contributed by atoms with Crippen LogP contribution in [0.5, 0.6) is 6.08 Å². The average Bonchev–Trinajstić information content (AvgIpc) is 3.50. The van der Waals surface area contributed by atoms with E-state index in [4.69, 9.17) is 9.15 Å². The van der Waals surface area contributed by atoms with E-state index in [9.17, 15) is 4.79 Å². The highest BCUT2D eigenvalue weighted by atomic mass is 16.6. The number of hydrogen-bond donors (Lipinski definition) is 3. The van der Waals surface area contributed by atoms with Crippen molar-refractivity contribution in [1.82, 2.24) is 30.5 Å². The summed E-state index contributed by atoms with van der Waals surface area (Å²) in [7, 11) is 0. The minimum atomic E-state index is -0.322. The third kappa shape index (κ3) is 3.68. The zero-order valence-electron chi connectivity index (χ0n) is 17.9. The molecule has 1 atom stereocenters. The van der Waals surface area contributed by atoms with Crippen molar-refractivity contribution in [2.45, 2.75) is 26.8 Å². The maximum atomic E-state index is 12.3. The Morgan fingerprint density at radius 3 is 2.81 bits per heavy atom. The Morgan fingerprint density at radius 1 is 1.12 bits per heavy atom. The van der Waals surface area contributed by atoms with Gasteiger partial charge in [-0.2, -0.15) is 0 Å². The molecule has 3 aromatic heterocycles. The SMILES string of the molecule is Cc1[nH]c2ccc(-c3nnc(OCC(=O)NC(C)c4nc5ccccc5[nH]4)o3)cc2c1C. The van der Waals surface area contributed by atoms with E-state index in [-0.39, 0.29) is 24.6 Å². The van der Waals surface area contributed by atoms with Gasteiger partial charge in [0, 0.05) is 22.2 Å². The second kappa shape index (κ2) is 7.84. The minimum absolute atomic E-state index is 0.0615. The second-order valence-corrected chi connectivity index (χ2v) is 7.73. The third-order valence-electron chi connectivity index (χ3n) is 5.48. The average molecular weight is 430 g/mol.